The molecule has 0 fully saturated rings. The van der Waals surface area contributed by atoms with Gasteiger partial charge in [0.05, 0.1) is 16.1 Å². The average Bonchev–Trinajstić information content (AvgIpc) is 2.20. The molecule has 0 radical (unpaired) electrons. The lowest BCUT2D eigenvalue weighted by Crippen LogP contribution is -2.17. The first kappa shape index (κ1) is 11.8. The smallest absolute Gasteiger partial charge is 0.106 e. The molecule has 0 saturated heterocycles. The minimum absolute atomic E-state index is 0.300. The fourth-order valence-electron chi connectivity index (χ4n) is 1.18. The van der Waals surface area contributed by atoms with Gasteiger partial charge in [-0.25, -0.2) is 0 Å². The van der Waals surface area contributed by atoms with Gasteiger partial charge in [-0.2, -0.15) is 0 Å². The van der Waals surface area contributed by atoms with Crippen molar-refractivity contribution in [2.24, 2.45) is 0 Å². The normalized spacial score (nSPS) is 15.2. The van der Waals surface area contributed by atoms with Crippen LogP contribution in [0, 0.1) is 0 Å². The molecule has 0 saturated carbocycles. The predicted octanol–water partition coefficient (Wildman–Crippen LogP) is 2.80. The van der Waals surface area contributed by atoms with E-state index in [4.69, 9.17) is 23.2 Å². The highest BCUT2D eigenvalue weighted by molar-refractivity contribution is 6.42. The van der Waals surface area contributed by atoms with Gasteiger partial charge >= 0.3 is 0 Å². The highest BCUT2D eigenvalue weighted by Gasteiger charge is 2.19. The van der Waals surface area contributed by atoms with Crippen LogP contribution in [0.3, 0.4) is 0 Å². The first-order valence-electron chi connectivity index (χ1n) is 4.38. The van der Waals surface area contributed by atoms with Gasteiger partial charge in [-0.1, -0.05) is 42.3 Å². The molecule has 0 aliphatic rings. The molecule has 1 aromatic rings. The molecular weight excluding hydrogens is 223 g/mol. The molecule has 4 heteroatoms. The molecule has 0 spiro atoms. The van der Waals surface area contributed by atoms with Gasteiger partial charge in [-0.05, 0) is 12.5 Å². The molecule has 2 unspecified atom stereocenters. The van der Waals surface area contributed by atoms with Gasteiger partial charge in [0.15, 0.2) is 0 Å². The summed E-state index contributed by atoms with van der Waals surface area (Å²) in [7, 11) is 0. The molecular formula is C10H12Cl2O2. The Kier molecular flexibility index (Phi) is 4.20. The molecule has 1 rings (SSSR count). The monoisotopic (exact) mass is 234 g/mol. The summed E-state index contributed by atoms with van der Waals surface area (Å²) in [6.07, 6.45) is -1.33. The van der Waals surface area contributed by atoms with Crippen molar-refractivity contribution < 1.29 is 10.2 Å². The number of aliphatic hydroxyl groups excluding tert-OH is 2. The van der Waals surface area contributed by atoms with Crippen molar-refractivity contribution in [2.45, 2.75) is 25.6 Å². The third-order valence-electron chi connectivity index (χ3n) is 2.08. The average molecular weight is 235 g/mol. The second-order valence-electron chi connectivity index (χ2n) is 3.06. The van der Waals surface area contributed by atoms with Gasteiger partial charge in [0, 0.05) is 5.56 Å². The Morgan fingerprint density at radius 1 is 1.29 bits per heavy atom. The number of halogens is 2. The summed E-state index contributed by atoms with van der Waals surface area (Å²) in [6.45, 7) is 1.78. The van der Waals surface area contributed by atoms with Gasteiger partial charge in [-0.3, -0.25) is 0 Å². The summed E-state index contributed by atoms with van der Waals surface area (Å²) in [6, 6.07) is 4.98. The van der Waals surface area contributed by atoms with Crippen LogP contribution < -0.4 is 0 Å². The van der Waals surface area contributed by atoms with E-state index in [0.29, 0.717) is 22.0 Å². The highest BCUT2D eigenvalue weighted by atomic mass is 35.5. The van der Waals surface area contributed by atoms with E-state index in [1.807, 2.05) is 0 Å². The molecule has 0 bridgehead atoms. The second-order valence-corrected chi connectivity index (χ2v) is 3.85. The fourth-order valence-corrected chi connectivity index (χ4v) is 1.60. The van der Waals surface area contributed by atoms with Crippen molar-refractivity contribution in [1.82, 2.24) is 0 Å². The Morgan fingerprint density at radius 3 is 2.50 bits per heavy atom. The zero-order chi connectivity index (χ0) is 10.7. The summed E-state index contributed by atoms with van der Waals surface area (Å²) < 4.78 is 0. The van der Waals surface area contributed by atoms with Crippen LogP contribution in [-0.4, -0.2) is 16.3 Å². The summed E-state index contributed by atoms with van der Waals surface area (Å²) in [4.78, 5) is 0. The van der Waals surface area contributed by atoms with Crippen molar-refractivity contribution in [3.63, 3.8) is 0 Å². The van der Waals surface area contributed by atoms with Crippen molar-refractivity contribution >= 4 is 23.2 Å². The Hall–Kier alpha value is -0.280. The summed E-state index contributed by atoms with van der Waals surface area (Å²) in [5.41, 5.74) is 0.466. The lowest BCUT2D eigenvalue weighted by Gasteiger charge is -2.17. The van der Waals surface area contributed by atoms with Crippen LogP contribution in [0.4, 0.5) is 0 Å². The predicted molar refractivity (Wildman–Crippen MR) is 57.7 cm³/mol. The van der Waals surface area contributed by atoms with Crippen molar-refractivity contribution in [3.05, 3.63) is 33.8 Å². The van der Waals surface area contributed by atoms with E-state index < -0.39 is 12.2 Å². The van der Waals surface area contributed by atoms with Crippen LogP contribution in [-0.2, 0) is 0 Å². The quantitative estimate of drug-likeness (QED) is 0.845. The Morgan fingerprint density at radius 2 is 1.93 bits per heavy atom. The zero-order valence-corrected chi connectivity index (χ0v) is 9.26. The van der Waals surface area contributed by atoms with E-state index >= 15 is 0 Å². The van der Waals surface area contributed by atoms with E-state index in [1.54, 1.807) is 25.1 Å². The maximum absolute atomic E-state index is 9.70. The molecule has 0 heterocycles. The van der Waals surface area contributed by atoms with E-state index in [-0.39, 0.29) is 0 Å². The Labute approximate surface area is 93.1 Å². The summed E-state index contributed by atoms with van der Waals surface area (Å²) in [5, 5.41) is 19.8. The number of aliphatic hydroxyl groups is 2. The number of rotatable bonds is 3. The zero-order valence-electron chi connectivity index (χ0n) is 7.74. The van der Waals surface area contributed by atoms with Gasteiger partial charge in [0.1, 0.15) is 6.10 Å². The molecule has 0 aliphatic heterocycles. The molecule has 0 aromatic heterocycles. The van der Waals surface area contributed by atoms with Gasteiger partial charge in [-0.15, -0.1) is 0 Å². The first-order chi connectivity index (χ1) is 6.57. The van der Waals surface area contributed by atoms with Crippen LogP contribution in [0.15, 0.2) is 18.2 Å². The van der Waals surface area contributed by atoms with Crippen LogP contribution in [0.5, 0.6) is 0 Å². The maximum atomic E-state index is 9.70. The van der Waals surface area contributed by atoms with Gasteiger partial charge in [0.25, 0.3) is 0 Å². The number of benzene rings is 1. The minimum atomic E-state index is -0.980. The fraction of sp³-hybridized carbons (Fsp3) is 0.400. The molecule has 78 valence electrons. The SMILES string of the molecule is CCC(O)C(O)c1cccc(Cl)c1Cl. The molecule has 2 atom stereocenters. The van der Waals surface area contributed by atoms with Gasteiger partial charge in [0.2, 0.25) is 0 Å². The lowest BCUT2D eigenvalue weighted by molar-refractivity contribution is 0.0165. The number of hydrogen-bond donors (Lipinski definition) is 2. The van der Waals surface area contributed by atoms with E-state index in [2.05, 4.69) is 0 Å². The van der Waals surface area contributed by atoms with Crippen LogP contribution in [0.2, 0.25) is 10.0 Å². The van der Waals surface area contributed by atoms with Crippen LogP contribution in [0.1, 0.15) is 25.0 Å². The van der Waals surface area contributed by atoms with Crippen molar-refractivity contribution in [2.75, 3.05) is 0 Å². The first-order valence-corrected chi connectivity index (χ1v) is 5.13. The maximum Gasteiger partial charge on any atom is 0.106 e. The molecule has 2 nitrogen and oxygen atoms in total. The molecule has 1 aromatic carbocycles. The third-order valence-corrected chi connectivity index (χ3v) is 2.92. The highest BCUT2D eigenvalue weighted by Crippen LogP contribution is 2.31. The Balaban J connectivity index is 3.01. The lowest BCUT2D eigenvalue weighted by atomic mass is 10.0. The number of hydrogen-bond acceptors (Lipinski definition) is 2. The molecule has 0 amide bonds. The second kappa shape index (κ2) is 4.99. The Bertz CT molecular complexity index is 315. The van der Waals surface area contributed by atoms with Crippen LogP contribution >= 0.6 is 23.2 Å². The van der Waals surface area contributed by atoms with Gasteiger partial charge < -0.3 is 10.2 Å². The van der Waals surface area contributed by atoms with Crippen molar-refractivity contribution in [1.29, 1.82) is 0 Å². The molecule has 14 heavy (non-hydrogen) atoms. The molecule has 2 N–H and O–H groups in total. The summed E-state index contributed by atoms with van der Waals surface area (Å²) in [5.74, 6) is 0. The van der Waals surface area contributed by atoms with E-state index in [0.717, 1.165) is 0 Å². The molecule has 0 aliphatic carbocycles. The minimum Gasteiger partial charge on any atom is -0.390 e. The third kappa shape index (κ3) is 2.39. The van der Waals surface area contributed by atoms with E-state index in [9.17, 15) is 10.2 Å². The van der Waals surface area contributed by atoms with E-state index in [1.165, 1.54) is 0 Å². The summed E-state index contributed by atoms with van der Waals surface area (Å²) >= 11 is 11.7. The van der Waals surface area contributed by atoms with Crippen LogP contribution in [0.25, 0.3) is 0 Å². The topological polar surface area (TPSA) is 40.5 Å². The standard InChI is InChI=1S/C10H12Cl2O2/c1-2-8(13)10(14)6-4-3-5-7(11)9(6)12/h3-5,8,10,13-14H,2H2,1H3. The largest absolute Gasteiger partial charge is 0.390 e. The van der Waals surface area contributed by atoms with Crippen molar-refractivity contribution in [3.8, 4) is 0 Å².